The molecule has 122 valence electrons. The van der Waals surface area contributed by atoms with Crippen LogP contribution < -0.4 is 10.6 Å². The number of amides is 1. The molecule has 1 aliphatic rings. The number of carbonyl (C=O) groups excluding carboxylic acids is 1. The average Bonchev–Trinajstić information content (AvgIpc) is 3.17. The predicted octanol–water partition coefficient (Wildman–Crippen LogP) is 2.99. The molecule has 1 fully saturated rings. The molecular weight excluding hydrogens is 313 g/mol. The van der Waals surface area contributed by atoms with Crippen molar-refractivity contribution in [2.45, 2.75) is 19.8 Å². The first-order chi connectivity index (χ1) is 11.1. The summed E-state index contributed by atoms with van der Waals surface area (Å²) in [6, 6.07) is 6.17. The second kappa shape index (κ2) is 7.19. The number of carbonyl (C=O) groups is 1. The van der Waals surface area contributed by atoms with Gasteiger partial charge in [-0.1, -0.05) is 0 Å². The maximum atomic E-state index is 13.0. The number of hydrogen-bond acceptors (Lipinski definition) is 4. The van der Waals surface area contributed by atoms with Crippen molar-refractivity contribution in [3.63, 3.8) is 0 Å². The molecule has 3 rings (SSSR count). The van der Waals surface area contributed by atoms with Gasteiger partial charge in [0.05, 0.1) is 5.69 Å². The Bertz CT molecular complexity index is 678. The zero-order chi connectivity index (χ0) is 16.2. The first kappa shape index (κ1) is 16.1. The summed E-state index contributed by atoms with van der Waals surface area (Å²) in [6.45, 7) is 4.64. The fourth-order valence-corrected chi connectivity index (χ4v) is 3.74. The van der Waals surface area contributed by atoms with Crippen LogP contribution in [-0.2, 0) is 0 Å². The van der Waals surface area contributed by atoms with Crippen LogP contribution in [0.1, 0.15) is 28.2 Å². The molecule has 2 heterocycles. The molecule has 0 bridgehead atoms. The molecule has 1 unspecified atom stereocenters. The highest BCUT2D eigenvalue weighted by atomic mass is 32.1. The molecule has 23 heavy (non-hydrogen) atoms. The van der Waals surface area contributed by atoms with Gasteiger partial charge in [0.1, 0.15) is 15.7 Å². The predicted molar refractivity (Wildman–Crippen MR) is 90.2 cm³/mol. The molecule has 1 aromatic carbocycles. The number of aromatic nitrogens is 1. The van der Waals surface area contributed by atoms with Gasteiger partial charge in [0.2, 0.25) is 0 Å². The lowest BCUT2D eigenvalue weighted by molar-refractivity contribution is 0.0955. The number of hydrogen-bond donors (Lipinski definition) is 2. The van der Waals surface area contributed by atoms with E-state index in [0.717, 1.165) is 30.1 Å². The van der Waals surface area contributed by atoms with E-state index in [4.69, 9.17) is 0 Å². The highest BCUT2D eigenvalue weighted by Crippen LogP contribution is 2.28. The summed E-state index contributed by atoms with van der Waals surface area (Å²) in [5.74, 6) is 0.313. The monoisotopic (exact) mass is 333 g/mol. The van der Waals surface area contributed by atoms with Crippen molar-refractivity contribution in [3.8, 4) is 10.6 Å². The molecule has 1 aliphatic heterocycles. The summed E-state index contributed by atoms with van der Waals surface area (Å²) in [5, 5.41) is 7.06. The number of benzene rings is 1. The number of nitrogens with zero attached hydrogens (tertiary/aromatic N) is 1. The Kier molecular flexibility index (Phi) is 5.03. The van der Waals surface area contributed by atoms with Crippen LogP contribution in [-0.4, -0.2) is 30.5 Å². The van der Waals surface area contributed by atoms with E-state index in [1.807, 2.05) is 6.92 Å². The normalized spacial score (nSPS) is 17.4. The van der Waals surface area contributed by atoms with Crippen molar-refractivity contribution >= 4 is 17.2 Å². The molecule has 0 saturated carbocycles. The van der Waals surface area contributed by atoms with Crippen molar-refractivity contribution < 1.29 is 9.18 Å². The summed E-state index contributed by atoms with van der Waals surface area (Å²) in [4.78, 5) is 17.4. The molecule has 1 saturated heterocycles. The van der Waals surface area contributed by atoms with Crippen molar-refractivity contribution in [2.24, 2.45) is 5.92 Å². The quantitative estimate of drug-likeness (QED) is 0.884. The SMILES string of the molecule is Cc1nc(-c2ccc(F)cc2)sc1C(=O)NCCC1CCNC1. The van der Waals surface area contributed by atoms with Crippen molar-refractivity contribution in [3.05, 3.63) is 40.7 Å². The Morgan fingerprint density at radius 3 is 2.91 bits per heavy atom. The summed E-state index contributed by atoms with van der Waals surface area (Å²) >= 11 is 1.35. The van der Waals surface area contributed by atoms with Gasteiger partial charge >= 0.3 is 0 Å². The van der Waals surface area contributed by atoms with E-state index >= 15 is 0 Å². The van der Waals surface area contributed by atoms with E-state index in [9.17, 15) is 9.18 Å². The Hall–Kier alpha value is -1.79. The van der Waals surface area contributed by atoms with Gasteiger partial charge in [-0.15, -0.1) is 11.3 Å². The first-order valence-electron chi connectivity index (χ1n) is 7.86. The maximum absolute atomic E-state index is 13.0. The van der Waals surface area contributed by atoms with Crippen LogP contribution in [0.3, 0.4) is 0 Å². The number of aryl methyl sites for hydroxylation is 1. The molecule has 4 nitrogen and oxygen atoms in total. The Labute approximate surface area is 139 Å². The lowest BCUT2D eigenvalue weighted by Crippen LogP contribution is -2.26. The average molecular weight is 333 g/mol. The summed E-state index contributed by atoms with van der Waals surface area (Å²) < 4.78 is 13.0. The third kappa shape index (κ3) is 3.95. The second-order valence-electron chi connectivity index (χ2n) is 5.84. The van der Waals surface area contributed by atoms with E-state index in [0.29, 0.717) is 23.0 Å². The minimum absolute atomic E-state index is 0.0701. The van der Waals surface area contributed by atoms with Gasteiger partial charge in [0, 0.05) is 12.1 Å². The summed E-state index contributed by atoms with van der Waals surface area (Å²) in [5.41, 5.74) is 1.55. The number of nitrogens with one attached hydrogen (secondary N) is 2. The first-order valence-corrected chi connectivity index (χ1v) is 8.67. The Morgan fingerprint density at radius 2 is 2.22 bits per heavy atom. The minimum atomic E-state index is -0.276. The van der Waals surface area contributed by atoms with Gasteiger partial charge in [-0.2, -0.15) is 0 Å². The van der Waals surface area contributed by atoms with Gasteiger partial charge in [-0.05, 0) is 63.0 Å². The van der Waals surface area contributed by atoms with E-state index in [1.165, 1.54) is 29.9 Å². The van der Waals surface area contributed by atoms with Gasteiger partial charge in [0.15, 0.2) is 0 Å². The van der Waals surface area contributed by atoms with Gasteiger partial charge in [-0.3, -0.25) is 4.79 Å². The zero-order valence-electron chi connectivity index (χ0n) is 13.1. The Morgan fingerprint density at radius 1 is 1.43 bits per heavy atom. The molecular formula is C17H20FN3OS. The molecule has 0 aliphatic carbocycles. The largest absolute Gasteiger partial charge is 0.351 e. The maximum Gasteiger partial charge on any atom is 0.263 e. The van der Waals surface area contributed by atoms with Gasteiger partial charge < -0.3 is 10.6 Å². The highest BCUT2D eigenvalue weighted by Gasteiger charge is 2.18. The standard InChI is InChI=1S/C17H20FN3OS/c1-11-15(16(22)20-9-7-12-6-8-19-10-12)23-17(21-11)13-2-4-14(18)5-3-13/h2-5,12,19H,6-10H2,1H3,(H,20,22). The van der Waals surface area contributed by atoms with Crippen molar-refractivity contribution in [1.29, 1.82) is 0 Å². The molecule has 6 heteroatoms. The fourth-order valence-electron chi connectivity index (χ4n) is 2.75. The third-order valence-corrected chi connectivity index (χ3v) is 5.30. The molecule has 1 aromatic heterocycles. The van der Waals surface area contributed by atoms with Crippen LogP contribution in [0.15, 0.2) is 24.3 Å². The topological polar surface area (TPSA) is 54.0 Å². The zero-order valence-corrected chi connectivity index (χ0v) is 13.9. The molecule has 2 N–H and O–H groups in total. The summed E-state index contributed by atoms with van der Waals surface area (Å²) in [7, 11) is 0. The van der Waals surface area contributed by atoms with Gasteiger partial charge in [0.25, 0.3) is 5.91 Å². The highest BCUT2D eigenvalue weighted by molar-refractivity contribution is 7.17. The summed E-state index contributed by atoms with van der Waals surface area (Å²) in [6.07, 6.45) is 2.19. The molecule has 1 atom stereocenters. The molecule has 0 radical (unpaired) electrons. The fraction of sp³-hybridized carbons (Fsp3) is 0.412. The van der Waals surface area contributed by atoms with Crippen LogP contribution in [0.4, 0.5) is 4.39 Å². The van der Waals surface area contributed by atoms with Crippen LogP contribution in [0.25, 0.3) is 10.6 Å². The Balaban J connectivity index is 1.62. The van der Waals surface area contributed by atoms with Crippen molar-refractivity contribution in [2.75, 3.05) is 19.6 Å². The van der Waals surface area contributed by atoms with E-state index in [2.05, 4.69) is 15.6 Å². The van der Waals surface area contributed by atoms with Crippen LogP contribution in [0.5, 0.6) is 0 Å². The van der Waals surface area contributed by atoms with Crippen LogP contribution in [0.2, 0.25) is 0 Å². The number of thiazole rings is 1. The lowest BCUT2D eigenvalue weighted by Gasteiger charge is -2.08. The number of rotatable bonds is 5. The van der Waals surface area contributed by atoms with Crippen LogP contribution in [0, 0.1) is 18.7 Å². The molecule has 2 aromatic rings. The number of halogens is 1. The smallest absolute Gasteiger partial charge is 0.263 e. The molecule has 0 spiro atoms. The van der Waals surface area contributed by atoms with E-state index in [1.54, 1.807) is 12.1 Å². The second-order valence-corrected chi connectivity index (χ2v) is 6.84. The minimum Gasteiger partial charge on any atom is -0.351 e. The van der Waals surface area contributed by atoms with Gasteiger partial charge in [-0.25, -0.2) is 9.37 Å². The molecule has 1 amide bonds. The van der Waals surface area contributed by atoms with Crippen molar-refractivity contribution in [1.82, 2.24) is 15.6 Å². The van der Waals surface area contributed by atoms with E-state index < -0.39 is 0 Å². The third-order valence-electron chi connectivity index (χ3n) is 4.09. The lowest BCUT2D eigenvalue weighted by atomic mass is 10.1. The van der Waals surface area contributed by atoms with E-state index in [-0.39, 0.29) is 11.7 Å². The van der Waals surface area contributed by atoms with Crippen LogP contribution >= 0.6 is 11.3 Å².